The first-order valence-electron chi connectivity index (χ1n) is 5.36. The van der Waals surface area contributed by atoms with Crippen LogP contribution in [-0.2, 0) is 14.8 Å². The fourth-order valence-electron chi connectivity index (χ4n) is 1.26. The van der Waals surface area contributed by atoms with Gasteiger partial charge in [-0.2, -0.15) is 5.26 Å². The van der Waals surface area contributed by atoms with E-state index >= 15 is 0 Å². The molecule has 0 unspecified atom stereocenters. The van der Waals surface area contributed by atoms with Crippen LogP contribution in [0, 0.1) is 11.3 Å². The van der Waals surface area contributed by atoms with Crippen molar-refractivity contribution in [1.82, 2.24) is 4.72 Å². The van der Waals surface area contributed by atoms with Crippen LogP contribution in [0.1, 0.15) is 10.4 Å². The molecule has 0 spiro atoms. The fourth-order valence-corrected chi connectivity index (χ4v) is 2.79. The molecule has 8 heteroatoms. The van der Waals surface area contributed by atoms with Crippen LogP contribution < -0.4 is 4.72 Å². The van der Waals surface area contributed by atoms with Crippen LogP contribution in [0.2, 0.25) is 5.02 Å². The van der Waals surface area contributed by atoms with E-state index in [1.165, 1.54) is 18.2 Å². The van der Waals surface area contributed by atoms with Crippen molar-refractivity contribution in [3.8, 4) is 6.07 Å². The molecule has 0 aromatic heterocycles. The summed E-state index contributed by atoms with van der Waals surface area (Å²) in [5, 5.41) is 8.29. The number of nitriles is 1. The van der Waals surface area contributed by atoms with Gasteiger partial charge in [-0.25, -0.2) is 17.9 Å². The topological polar surface area (TPSA) is 96.3 Å². The van der Waals surface area contributed by atoms with Crippen molar-refractivity contribution in [3.63, 3.8) is 0 Å². The van der Waals surface area contributed by atoms with Crippen molar-refractivity contribution in [3.05, 3.63) is 41.4 Å². The number of carbonyl (C=O) groups excluding carboxylic acids is 1. The highest BCUT2D eigenvalue weighted by Gasteiger charge is 2.19. The first-order valence-corrected chi connectivity index (χ1v) is 7.22. The monoisotopic (exact) mass is 314 g/mol. The molecule has 20 heavy (non-hydrogen) atoms. The molecular weight excluding hydrogens is 304 g/mol. The second-order valence-corrected chi connectivity index (χ2v) is 5.66. The Kier molecular flexibility index (Phi) is 5.70. The maximum atomic E-state index is 12.0. The molecule has 0 radical (unpaired) electrons. The minimum absolute atomic E-state index is 0.0105. The number of esters is 1. The Morgan fingerprint density at radius 2 is 2.25 bits per heavy atom. The number of halogens is 1. The molecule has 0 bridgehead atoms. The third-order valence-corrected chi connectivity index (χ3v) is 4.05. The summed E-state index contributed by atoms with van der Waals surface area (Å²) in [7, 11) is -3.86. The highest BCUT2D eigenvalue weighted by Crippen LogP contribution is 2.22. The van der Waals surface area contributed by atoms with Gasteiger partial charge >= 0.3 is 5.97 Å². The molecule has 0 heterocycles. The van der Waals surface area contributed by atoms with E-state index in [0.29, 0.717) is 0 Å². The summed E-state index contributed by atoms with van der Waals surface area (Å²) in [6, 6.07) is 5.32. The number of hydrogen-bond acceptors (Lipinski definition) is 5. The molecule has 0 saturated heterocycles. The van der Waals surface area contributed by atoms with E-state index in [1.807, 2.05) is 0 Å². The number of nitrogens with one attached hydrogen (secondary N) is 1. The average Bonchev–Trinajstić information content (AvgIpc) is 2.42. The Hall–Kier alpha value is -1.88. The quantitative estimate of drug-likeness (QED) is 0.634. The molecule has 106 valence electrons. The zero-order valence-electron chi connectivity index (χ0n) is 10.3. The smallest absolute Gasteiger partial charge is 0.339 e. The van der Waals surface area contributed by atoms with Gasteiger partial charge in [0.25, 0.3) is 0 Å². The molecular formula is C12H11ClN2O4S. The van der Waals surface area contributed by atoms with Crippen LogP contribution in [0.25, 0.3) is 0 Å². The standard InChI is InChI=1S/C12H11ClN2O4S/c1-2-6-15-20(17,18)11-8-9(3-4-10(11)13)12(16)19-7-5-14/h2-4,8,15H,1,6-7H2. The lowest BCUT2D eigenvalue weighted by molar-refractivity contribution is 0.0554. The van der Waals surface area contributed by atoms with E-state index in [-0.39, 0.29) is 22.0 Å². The van der Waals surface area contributed by atoms with Crippen LogP contribution in [0.3, 0.4) is 0 Å². The van der Waals surface area contributed by atoms with Gasteiger partial charge in [0.05, 0.1) is 10.6 Å². The largest absolute Gasteiger partial charge is 0.447 e. The van der Waals surface area contributed by atoms with Gasteiger partial charge in [0.15, 0.2) is 6.61 Å². The van der Waals surface area contributed by atoms with Crippen molar-refractivity contribution in [2.75, 3.05) is 13.2 Å². The SMILES string of the molecule is C=CCNS(=O)(=O)c1cc(C(=O)OCC#N)ccc1Cl. The number of sulfonamides is 1. The minimum atomic E-state index is -3.86. The lowest BCUT2D eigenvalue weighted by Crippen LogP contribution is -2.24. The molecule has 1 aromatic carbocycles. The zero-order chi connectivity index (χ0) is 15.2. The Morgan fingerprint density at radius 1 is 1.55 bits per heavy atom. The predicted octanol–water partition coefficient (Wildman–Crippen LogP) is 1.48. The van der Waals surface area contributed by atoms with Gasteiger partial charge in [-0.05, 0) is 18.2 Å². The summed E-state index contributed by atoms with van der Waals surface area (Å²) in [6.45, 7) is 3.01. The molecule has 1 rings (SSSR count). The Labute approximate surface area is 121 Å². The van der Waals surface area contributed by atoms with Crippen LogP contribution >= 0.6 is 11.6 Å². The number of ether oxygens (including phenoxy) is 1. The van der Waals surface area contributed by atoms with Crippen LogP contribution in [-0.4, -0.2) is 27.5 Å². The summed E-state index contributed by atoms with van der Waals surface area (Å²) < 4.78 is 30.7. The first kappa shape index (κ1) is 16.2. The lowest BCUT2D eigenvalue weighted by Gasteiger charge is -2.08. The second-order valence-electron chi connectivity index (χ2n) is 3.52. The van der Waals surface area contributed by atoms with E-state index in [4.69, 9.17) is 16.9 Å². The third kappa shape index (κ3) is 4.06. The molecule has 1 aromatic rings. The highest BCUT2D eigenvalue weighted by molar-refractivity contribution is 7.89. The molecule has 0 aliphatic heterocycles. The van der Waals surface area contributed by atoms with Crippen LogP contribution in [0.4, 0.5) is 0 Å². The van der Waals surface area contributed by atoms with Gasteiger partial charge in [0, 0.05) is 6.54 Å². The molecule has 6 nitrogen and oxygen atoms in total. The molecule has 0 atom stereocenters. The van der Waals surface area contributed by atoms with Crippen LogP contribution in [0.5, 0.6) is 0 Å². The Morgan fingerprint density at radius 3 is 2.85 bits per heavy atom. The molecule has 0 aliphatic carbocycles. The van der Waals surface area contributed by atoms with Crippen molar-refractivity contribution < 1.29 is 17.9 Å². The van der Waals surface area contributed by atoms with Gasteiger partial charge in [-0.1, -0.05) is 17.7 Å². The Balaban J connectivity index is 3.12. The number of carbonyl (C=O) groups is 1. The number of rotatable bonds is 6. The van der Waals surface area contributed by atoms with Gasteiger partial charge in [-0.15, -0.1) is 6.58 Å². The third-order valence-electron chi connectivity index (χ3n) is 2.14. The van der Waals surface area contributed by atoms with Gasteiger partial charge in [0.2, 0.25) is 10.0 Å². The Bertz CT molecular complexity index is 665. The summed E-state index contributed by atoms with van der Waals surface area (Å²) in [5.41, 5.74) is -0.0105. The molecule has 0 aliphatic rings. The lowest BCUT2D eigenvalue weighted by atomic mass is 10.2. The maximum absolute atomic E-state index is 12.0. The minimum Gasteiger partial charge on any atom is -0.447 e. The normalized spacial score (nSPS) is 10.6. The van der Waals surface area contributed by atoms with Crippen LogP contribution in [0.15, 0.2) is 35.7 Å². The highest BCUT2D eigenvalue weighted by atomic mass is 35.5. The van der Waals surface area contributed by atoms with E-state index in [1.54, 1.807) is 6.07 Å². The number of hydrogen-bond donors (Lipinski definition) is 1. The van der Waals surface area contributed by atoms with E-state index < -0.39 is 22.6 Å². The van der Waals surface area contributed by atoms with E-state index in [2.05, 4.69) is 16.0 Å². The van der Waals surface area contributed by atoms with Crippen molar-refractivity contribution in [2.24, 2.45) is 0 Å². The summed E-state index contributed by atoms with van der Waals surface area (Å²) in [5.74, 6) is -0.802. The summed E-state index contributed by atoms with van der Waals surface area (Å²) >= 11 is 5.82. The van der Waals surface area contributed by atoms with Gasteiger partial charge < -0.3 is 4.74 Å². The van der Waals surface area contributed by atoms with Crippen molar-refractivity contribution >= 4 is 27.6 Å². The first-order chi connectivity index (χ1) is 9.42. The van der Waals surface area contributed by atoms with E-state index in [9.17, 15) is 13.2 Å². The predicted molar refractivity (Wildman–Crippen MR) is 72.7 cm³/mol. The summed E-state index contributed by atoms with van der Waals surface area (Å²) in [4.78, 5) is 11.3. The number of nitrogens with zero attached hydrogens (tertiary/aromatic N) is 1. The molecule has 0 saturated carbocycles. The fraction of sp³-hybridized carbons (Fsp3) is 0.167. The number of benzene rings is 1. The van der Waals surface area contributed by atoms with Gasteiger partial charge in [0.1, 0.15) is 11.0 Å². The average molecular weight is 315 g/mol. The van der Waals surface area contributed by atoms with Gasteiger partial charge in [-0.3, -0.25) is 0 Å². The maximum Gasteiger partial charge on any atom is 0.339 e. The van der Waals surface area contributed by atoms with E-state index in [0.717, 1.165) is 6.07 Å². The van der Waals surface area contributed by atoms with Crippen molar-refractivity contribution in [1.29, 1.82) is 5.26 Å². The second kappa shape index (κ2) is 7.05. The summed E-state index contributed by atoms with van der Waals surface area (Å²) in [6.07, 6.45) is 1.37. The van der Waals surface area contributed by atoms with Crippen molar-refractivity contribution in [2.45, 2.75) is 4.90 Å². The molecule has 1 N–H and O–H groups in total. The zero-order valence-corrected chi connectivity index (χ0v) is 11.9. The molecule has 0 amide bonds. The molecule has 0 fully saturated rings.